The quantitative estimate of drug-likeness (QED) is 0.755. The van der Waals surface area contributed by atoms with Gasteiger partial charge in [0.05, 0.1) is 11.7 Å². The molecule has 0 heterocycles. The van der Waals surface area contributed by atoms with Crippen LogP contribution in [0, 0.1) is 17.8 Å². The molecule has 4 fully saturated rings. The monoisotopic (exact) mass is 298 g/mol. The third-order valence-electron chi connectivity index (χ3n) is 6.11. The van der Waals surface area contributed by atoms with Crippen molar-refractivity contribution in [3.63, 3.8) is 0 Å². The Morgan fingerprint density at radius 3 is 1.95 bits per heavy atom. The van der Waals surface area contributed by atoms with Crippen LogP contribution < -0.4 is 0 Å². The van der Waals surface area contributed by atoms with Crippen LogP contribution in [0.2, 0.25) is 0 Å². The Kier molecular flexibility index (Phi) is 3.32. The van der Waals surface area contributed by atoms with Crippen LogP contribution in [0.15, 0.2) is 24.3 Å². The van der Waals surface area contributed by atoms with Crippen LogP contribution in [0.1, 0.15) is 68.3 Å². The van der Waals surface area contributed by atoms with Gasteiger partial charge in [0.15, 0.2) is 0 Å². The number of esters is 1. The van der Waals surface area contributed by atoms with Crippen molar-refractivity contribution in [1.29, 1.82) is 0 Å². The molecule has 0 aliphatic heterocycles. The van der Waals surface area contributed by atoms with Gasteiger partial charge < -0.3 is 4.74 Å². The minimum atomic E-state index is -0.202. The molecule has 4 aliphatic carbocycles. The second-order valence-corrected chi connectivity index (χ2v) is 8.23. The molecule has 1 aromatic carbocycles. The van der Waals surface area contributed by atoms with Gasteiger partial charge in [-0.15, -0.1) is 0 Å². The summed E-state index contributed by atoms with van der Waals surface area (Å²) in [5.41, 5.74) is 2.56. The van der Waals surface area contributed by atoms with E-state index in [2.05, 4.69) is 12.1 Å². The zero-order chi connectivity index (χ0) is 15.3. The SMILES string of the molecule is CC(C)OC(=O)c1ccc(C23CC4CC(CC(C4)C2)C3)cc1. The van der Waals surface area contributed by atoms with E-state index in [1.54, 1.807) is 0 Å². The highest BCUT2D eigenvalue weighted by atomic mass is 16.5. The van der Waals surface area contributed by atoms with Crippen molar-refractivity contribution >= 4 is 5.97 Å². The van der Waals surface area contributed by atoms with E-state index < -0.39 is 0 Å². The van der Waals surface area contributed by atoms with Crippen LogP contribution in [0.25, 0.3) is 0 Å². The summed E-state index contributed by atoms with van der Waals surface area (Å²) < 4.78 is 5.29. The Labute approximate surface area is 133 Å². The number of hydrogen-bond donors (Lipinski definition) is 0. The van der Waals surface area contributed by atoms with E-state index in [1.807, 2.05) is 26.0 Å². The first-order valence-corrected chi connectivity index (χ1v) is 8.85. The Morgan fingerprint density at radius 2 is 1.50 bits per heavy atom. The van der Waals surface area contributed by atoms with Gasteiger partial charge in [-0.1, -0.05) is 12.1 Å². The molecule has 5 rings (SSSR count). The maximum absolute atomic E-state index is 12.0. The van der Waals surface area contributed by atoms with E-state index in [0.29, 0.717) is 11.0 Å². The number of ether oxygens (including phenoxy) is 1. The molecule has 1 aromatic rings. The lowest BCUT2D eigenvalue weighted by Crippen LogP contribution is -2.48. The van der Waals surface area contributed by atoms with Gasteiger partial charge in [-0.3, -0.25) is 0 Å². The lowest BCUT2D eigenvalue weighted by Gasteiger charge is -2.57. The van der Waals surface area contributed by atoms with E-state index in [1.165, 1.54) is 44.1 Å². The van der Waals surface area contributed by atoms with Crippen LogP contribution in [0.3, 0.4) is 0 Å². The molecule has 4 bridgehead atoms. The predicted molar refractivity (Wildman–Crippen MR) is 86.8 cm³/mol. The molecule has 4 saturated carbocycles. The third-order valence-corrected chi connectivity index (χ3v) is 6.11. The Hall–Kier alpha value is -1.31. The highest BCUT2D eigenvalue weighted by Gasteiger charge is 2.51. The van der Waals surface area contributed by atoms with E-state index in [-0.39, 0.29) is 12.1 Å². The molecule has 118 valence electrons. The summed E-state index contributed by atoms with van der Waals surface area (Å²) in [4.78, 5) is 12.0. The van der Waals surface area contributed by atoms with Crippen LogP contribution >= 0.6 is 0 Å². The van der Waals surface area contributed by atoms with Crippen molar-refractivity contribution in [2.75, 3.05) is 0 Å². The van der Waals surface area contributed by atoms with Crippen molar-refractivity contribution < 1.29 is 9.53 Å². The fourth-order valence-corrected chi connectivity index (χ4v) is 5.71. The zero-order valence-corrected chi connectivity index (χ0v) is 13.7. The van der Waals surface area contributed by atoms with E-state index in [4.69, 9.17) is 4.74 Å². The fourth-order valence-electron chi connectivity index (χ4n) is 5.71. The topological polar surface area (TPSA) is 26.3 Å². The summed E-state index contributed by atoms with van der Waals surface area (Å²) >= 11 is 0. The Morgan fingerprint density at radius 1 is 1.00 bits per heavy atom. The van der Waals surface area contributed by atoms with Gasteiger partial charge in [0, 0.05) is 0 Å². The summed E-state index contributed by atoms with van der Waals surface area (Å²) in [5, 5.41) is 0. The number of carbonyl (C=O) groups is 1. The first-order valence-electron chi connectivity index (χ1n) is 8.85. The standard InChI is InChI=1S/C20H26O2/c1-13(2)22-19(21)17-3-5-18(6-4-17)20-10-14-7-15(11-20)9-16(8-14)12-20/h3-6,13-16H,7-12H2,1-2H3. The smallest absolute Gasteiger partial charge is 0.338 e. The average molecular weight is 298 g/mol. The number of rotatable bonds is 3. The van der Waals surface area contributed by atoms with Crippen molar-refractivity contribution in [1.82, 2.24) is 0 Å². The van der Waals surface area contributed by atoms with Gasteiger partial charge in [0.25, 0.3) is 0 Å². The molecule has 2 heteroatoms. The summed E-state index contributed by atoms with van der Waals surface area (Å²) in [6.07, 6.45) is 8.46. The van der Waals surface area contributed by atoms with Crippen molar-refractivity contribution in [2.45, 2.75) is 63.9 Å². The predicted octanol–water partition coefficient (Wildman–Crippen LogP) is 4.72. The maximum atomic E-state index is 12.0. The zero-order valence-electron chi connectivity index (χ0n) is 13.7. The molecule has 0 N–H and O–H groups in total. The van der Waals surface area contributed by atoms with E-state index >= 15 is 0 Å². The van der Waals surface area contributed by atoms with Gasteiger partial charge in [-0.2, -0.15) is 0 Å². The molecule has 0 aromatic heterocycles. The lowest BCUT2D eigenvalue weighted by atomic mass is 9.48. The summed E-state index contributed by atoms with van der Waals surface area (Å²) in [7, 11) is 0. The van der Waals surface area contributed by atoms with Crippen LogP contribution in [-0.2, 0) is 10.2 Å². The second kappa shape index (κ2) is 5.11. The largest absolute Gasteiger partial charge is 0.459 e. The van der Waals surface area contributed by atoms with Crippen LogP contribution in [0.5, 0.6) is 0 Å². The minimum Gasteiger partial charge on any atom is -0.459 e. The van der Waals surface area contributed by atoms with Gasteiger partial charge in [-0.25, -0.2) is 4.79 Å². The van der Waals surface area contributed by atoms with Gasteiger partial charge >= 0.3 is 5.97 Å². The molecular formula is C20H26O2. The summed E-state index contributed by atoms with van der Waals surface area (Å²) in [6, 6.07) is 8.34. The molecule has 0 saturated heterocycles. The molecule has 0 atom stereocenters. The molecule has 2 nitrogen and oxygen atoms in total. The van der Waals surface area contributed by atoms with Crippen molar-refractivity contribution in [3.8, 4) is 0 Å². The minimum absolute atomic E-state index is 0.0599. The highest BCUT2D eigenvalue weighted by Crippen LogP contribution is 2.60. The number of hydrogen-bond acceptors (Lipinski definition) is 2. The molecule has 0 amide bonds. The van der Waals surface area contributed by atoms with Gasteiger partial charge in [0.2, 0.25) is 0 Å². The Balaban J connectivity index is 1.57. The third kappa shape index (κ3) is 2.37. The van der Waals surface area contributed by atoms with Crippen LogP contribution in [0.4, 0.5) is 0 Å². The molecule has 0 radical (unpaired) electrons. The molecule has 22 heavy (non-hydrogen) atoms. The number of carbonyl (C=O) groups excluding carboxylic acids is 1. The van der Waals surface area contributed by atoms with E-state index in [0.717, 1.165) is 17.8 Å². The lowest BCUT2D eigenvalue weighted by molar-refractivity contribution is -0.00522. The molecule has 0 unspecified atom stereocenters. The second-order valence-electron chi connectivity index (χ2n) is 8.23. The van der Waals surface area contributed by atoms with Crippen LogP contribution in [-0.4, -0.2) is 12.1 Å². The first-order chi connectivity index (χ1) is 10.5. The number of benzene rings is 1. The molecular weight excluding hydrogens is 272 g/mol. The Bertz CT molecular complexity index is 535. The summed E-state index contributed by atoms with van der Waals surface area (Å²) in [6.45, 7) is 3.78. The maximum Gasteiger partial charge on any atom is 0.338 e. The van der Waals surface area contributed by atoms with Gasteiger partial charge in [-0.05, 0) is 93.2 Å². The van der Waals surface area contributed by atoms with Gasteiger partial charge in [0.1, 0.15) is 0 Å². The highest BCUT2D eigenvalue weighted by molar-refractivity contribution is 5.89. The average Bonchev–Trinajstić information content (AvgIpc) is 2.45. The molecule has 4 aliphatic rings. The van der Waals surface area contributed by atoms with E-state index in [9.17, 15) is 4.79 Å². The fraction of sp³-hybridized carbons (Fsp3) is 0.650. The van der Waals surface area contributed by atoms with Crippen molar-refractivity contribution in [3.05, 3.63) is 35.4 Å². The summed E-state index contributed by atoms with van der Waals surface area (Å²) in [5.74, 6) is 2.66. The normalized spacial score (nSPS) is 35.9. The first kappa shape index (κ1) is 14.3. The molecule has 0 spiro atoms. The van der Waals surface area contributed by atoms with Crippen molar-refractivity contribution in [2.24, 2.45) is 17.8 Å².